The number of aromatic nitrogens is 2. The summed E-state index contributed by atoms with van der Waals surface area (Å²) in [5, 5.41) is -0.0153. The van der Waals surface area contributed by atoms with Crippen LogP contribution in [0.15, 0.2) is 47.5 Å². The molecule has 24 heavy (non-hydrogen) atoms. The summed E-state index contributed by atoms with van der Waals surface area (Å²) in [6.07, 6.45) is 2.84. The number of nitrogens with zero attached hydrogens (tertiary/aromatic N) is 2. The Morgan fingerprint density at radius 2 is 2.12 bits per heavy atom. The fraction of sp³-hybridized carbons (Fsp3) is 0.118. The van der Waals surface area contributed by atoms with Gasteiger partial charge in [0.25, 0.3) is 5.91 Å². The molecular weight excluding hydrogens is 333 g/mol. The molecule has 1 aromatic carbocycles. The van der Waals surface area contributed by atoms with Gasteiger partial charge in [-0.1, -0.05) is 17.7 Å². The molecule has 0 bridgehead atoms. The van der Waals surface area contributed by atoms with Crippen LogP contribution in [-0.4, -0.2) is 27.8 Å². The van der Waals surface area contributed by atoms with E-state index in [1.54, 1.807) is 25.4 Å². The van der Waals surface area contributed by atoms with E-state index in [9.17, 15) is 14.0 Å². The lowest BCUT2D eigenvalue weighted by molar-refractivity contribution is 0.0782. The van der Waals surface area contributed by atoms with Crippen molar-refractivity contribution in [1.82, 2.24) is 14.9 Å². The van der Waals surface area contributed by atoms with Crippen molar-refractivity contribution in [3.8, 4) is 0 Å². The summed E-state index contributed by atoms with van der Waals surface area (Å²) >= 11 is 5.70. The highest BCUT2D eigenvalue weighted by Crippen LogP contribution is 2.21. The molecule has 0 spiro atoms. The van der Waals surface area contributed by atoms with Crippen LogP contribution in [0.1, 0.15) is 16.1 Å². The number of aromatic amines is 1. The Morgan fingerprint density at radius 1 is 1.33 bits per heavy atom. The van der Waals surface area contributed by atoms with E-state index in [-0.39, 0.29) is 28.0 Å². The molecule has 0 aliphatic heterocycles. The molecule has 0 saturated heterocycles. The summed E-state index contributed by atoms with van der Waals surface area (Å²) in [5.74, 6) is -1.19. The van der Waals surface area contributed by atoms with Crippen LogP contribution < -0.4 is 5.43 Å². The number of pyridine rings is 2. The number of rotatable bonds is 3. The quantitative estimate of drug-likeness (QED) is 0.793. The molecule has 2 heterocycles. The number of H-pyrrole nitrogens is 1. The average molecular weight is 346 g/mol. The number of halogens is 2. The molecule has 3 aromatic rings. The number of nitrogens with one attached hydrogen (secondary N) is 1. The van der Waals surface area contributed by atoms with Gasteiger partial charge in [-0.3, -0.25) is 14.6 Å². The summed E-state index contributed by atoms with van der Waals surface area (Å²) in [5.41, 5.74) is 0.0691. The van der Waals surface area contributed by atoms with Crippen LogP contribution in [-0.2, 0) is 6.54 Å². The molecule has 0 radical (unpaired) electrons. The van der Waals surface area contributed by atoms with Crippen molar-refractivity contribution >= 4 is 28.4 Å². The maximum atomic E-state index is 14.0. The van der Waals surface area contributed by atoms with Crippen LogP contribution >= 0.6 is 11.6 Å². The minimum Gasteiger partial charge on any atom is -0.358 e. The average Bonchev–Trinajstić information content (AvgIpc) is 2.59. The molecule has 1 N–H and O–H groups in total. The number of hydrogen-bond donors (Lipinski definition) is 1. The molecule has 0 atom stereocenters. The maximum absolute atomic E-state index is 14.0. The van der Waals surface area contributed by atoms with Gasteiger partial charge in [-0.15, -0.1) is 0 Å². The molecule has 0 aliphatic rings. The lowest BCUT2D eigenvalue weighted by atomic mass is 10.1. The third-order valence-corrected chi connectivity index (χ3v) is 3.94. The largest absolute Gasteiger partial charge is 0.358 e. The third-order valence-electron chi connectivity index (χ3n) is 3.65. The Hall–Kier alpha value is -2.73. The van der Waals surface area contributed by atoms with Crippen LogP contribution in [0.4, 0.5) is 4.39 Å². The van der Waals surface area contributed by atoms with E-state index in [1.165, 1.54) is 23.2 Å². The Kier molecular flexibility index (Phi) is 4.31. The van der Waals surface area contributed by atoms with Crippen LogP contribution in [0, 0.1) is 5.82 Å². The molecule has 0 unspecified atom stereocenters. The molecule has 2 aromatic heterocycles. The lowest BCUT2D eigenvalue weighted by Crippen LogP contribution is -2.31. The maximum Gasteiger partial charge on any atom is 0.259 e. The summed E-state index contributed by atoms with van der Waals surface area (Å²) in [7, 11) is 1.57. The second-order valence-electron chi connectivity index (χ2n) is 5.30. The van der Waals surface area contributed by atoms with Gasteiger partial charge in [-0.05, 0) is 24.3 Å². The minimum atomic E-state index is -0.716. The van der Waals surface area contributed by atoms with Gasteiger partial charge >= 0.3 is 0 Å². The molecule has 3 rings (SSSR count). The molecule has 122 valence electrons. The van der Waals surface area contributed by atoms with Gasteiger partial charge in [0.2, 0.25) is 5.43 Å². The molecule has 0 aliphatic carbocycles. The monoisotopic (exact) mass is 345 g/mol. The molecule has 1 amide bonds. The standard InChI is InChI=1S/C17H13ClFN3O2/c1-22(9-10-4-2-3-7-20-10)17(24)12-8-21-15-11(16(12)23)5-6-13(18)14(15)19/h2-8H,9H2,1H3,(H,21,23). The number of hydrogen-bond acceptors (Lipinski definition) is 3. The van der Waals surface area contributed by atoms with Gasteiger partial charge in [-0.25, -0.2) is 4.39 Å². The van der Waals surface area contributed by atoms with E-state index in [4.69, 9.17) is 11.6 Å². The Bertz CT molecular complexity index is 973. The first-order chi connectivity index (χ1) is 11.5. The van der Waals surface area contributed by atoms with E-state index in [2.05, 4.69) is 9.97 Å². The SMILES string of the molecule is CN(Cc1ccccn1)C(=O)c1c[nH]c2c(F)c(Cl)ccc2c1=O. The first-order valence-corrected chi connectivity index (χ1v) is 7.51. The van der Waals surface area contributed by atoms with E-state index < -0.39 is 17.2 Å². The van der Waals surface area contributed by atoms with Crippen molar-refractivity contribution in [2.24, 2.45) is 0 Å². The predicted octanol–water partition coefficient (Wildman–Crippen LogP) is 2.99. The van der Waals surface area contributed by atoms with E-state index in [0.717, 1.165) is 0 Å². The van der Waals surface area contributed by atoms with E-state index in [1.807, 2.05) is 6.07 Å². The predicted molar refractivity (Wildman–Crippen MR) is 89.6 cm³/mol. The zero-order valence-electron chi connectivity index (χ0n) is 12.7. The molecule has 5 nitrogen and oxygen atoms in total. The summed E-state index contributed by atoms with van der Waals surface area (Å²) in [6, 6.07) is 8.07. The summed E-state index contributed by atoms with van der Waals surface area (Å²) < 4.78 is 14.0. The lowest BCUT2D eigenvalue weighted by Gasteiger charge is -2.16. The van der Waals surface area contributed by atoms with Crippen molar-refractivity contribution in [3.63, 3.8) is 0 Å². The topological polar surface area (TPSA) is 66.1 Å². The van der Waals surface area contributed by atoms with Gasteiger partial charge < -0.3 is 9.88 Å². The van der Waals surface area contributed by atoms with Crippen molar-refractivity contribution in [2.75, 3.05) is 7.05 Å². The van der Waals surface area contributed by atoms with E-state index in [0.29, 0.717) is 5.69 Å². The number of carbonyl (C=O) groups is 1. The third kappa shape index (κ3) is 2.88. The highest BCUT2D eigenvalue weighted by molar-refractivity contribution is 6.31. The Morgan fingerprint density at radius 3 is 2.83 bits per heavy atom. The zero-order chi connectivity index (χ0) is 17.3. The highest BCUT2D eigenvalue weighted by atomic mass is 35.5. The number of amides is 1. The normalized spacial score (nSPS) is 10.8. The molecule has 0 saturated carbocycles. The van der Waals surface area contributed by atoms with Gasteiger partial charge in [0, 0.05) is 24.8 Å². The molecule has 7 heteroatoms. The Balaban J connectivity index is 1.97. The number of benzene rings is 1. The van der Waals surface area contributed by atoms with Gasteiger partial charge in [-0.2, -0.15) is 0 Å². The fourth-order valence-electron chi connectivity index (χ4n) is 2.41. The van der Waals surface area contributed by atoms with Crippen LogP contribution in [0.5, 0.6) is 0 Å². The molecular formula is C17H13ClFN3O2. The minimum absolute atomic E-state index is 0.0172. The van der Waals surface area contributed by atoms with E-state index >= 15 is 0 Å². The van der Waals surface area contributed by atoms with Crippen LogP contribution in [0.2, 0.25) is 5.02 Å². The van der Waals surface area contributed by atoms with Gasteiger partial charge in [0.1, 0.15) is 5.56 Å². The summed E-state index contributed by atoms with van der Waals surface area (Å²) in [6.45, 7) is 0.256. The van der Waals surface area contributed by atoms with Crippen molar-refractivity contribution < 1.29 is 9.18 Å². The Labute approximate surface area is 141 Å². The van der Waals surface area contributed by atoms with Crippen LogP contribution in [0.25, 0.3) is 10.9 Å². The highest BCUT2D eigenvalue weighted by Gasteiger charge is 2.19. The van der Waals surface area contributed by atoms with Gasteiger partial charge in [0.05, 0.1) is 22.8 Å². The number of fused-ring (bicyclic) bond motifs is 1. The first kappa shape index (κ1) is 16.1. The first-order valence-electron chi connectivity index (χ1n) is 7.14. The van der Waals surface area contributed by atoms with Crippen molar-refractivity contribution in [2.45, 2.75) is 6.54 Å². The number of carbonyl (C=O) groups excluding carboxylic acids is 1. The molecule has 0 fully saturated rings. The smallest absolute Gasteiger partial charge is 0.259 e. The second kappa shape index (κ2) is 6.41. The fourth-order valence-corrected chi connectivity index (χ4v) is 2.56. The van der Waals surface area contributed by atoms with Gasteiger partial charge in [0.15, 0.2) is 5.82 Å². The second-order valence-corrected chi connectivity index (χ2v) is 5.70. The zero-order valence-corrected chi connectivity index (χ0v) is 13.5. The summed E-state index contributed by atoms with van der Waals surface area (Å²) in [4.78, 5) is 33.2. The van der Waals surface area contributed by atoms with Crippen molar-refractivity contribution in [3.05, 3.63) is 75.0 Å². The van der Waals surface area contributed by atoms with Crippen LogP contribution in [0.3, 0.4) is 0 Å². The van der Waals surface area contributed by atoms with Crippen molar-refractivity contribution in [1.29, 1.82) is 0 Å².